The highest BCUT2D eigenvalue weighted by Crippen LogP contribution is 2.20. The number of carbonyl (C=O) groups excluding carboxylic acids is 2. The lowest BCUT2D eigenvalue weighted by Crippen LogP contribution is -2.50. The van der Waals surface area contributed by atoms with Crippen LogP contribution in [0.1, 0.15) is 37.0 Å². The Balaban J connectivity index is 1.91. The fourth-order valence-corrected chi connectivity index (χ4v) is 3.13. The summed E-state index contributed by atoms with van der Waals surface area (Å²) in [6.45, 7) is 6.41. The number of halogens is 2. The van der Waals surface area contributed by atoms with Gasteiger partial charge in [0.1, 0.15) is 5.82 Å². The van der Waals surface area contributed by atoms with Crippen LogP contribution in [0.15, 0.2) is 18.2 Å². The third kappa shape index (κ3) is 4.17. The van der Waals surface area contributed by atoms with Crippen molar-refractivity contribution in [2.75, 3.05) is 26.2 Å². The number of nitrogens with one attached hydrogen (secondary N) is 1. The maximum absolute atomic E-state index is 13.8. The molecule has 132 valence electrons. The molecule has 2 rings (SSSR count). The molecule has 1 aromatic rings. The van der Waals surface area contributed by atoms with Crippen molar-refractivity contribution in [1.29, 1.82) is 0 Å². The molecule has 0 saturated carbocycles. The zero-order valence-electron chi connectivity index (χ0n) is 14.0. The van der Waals surface area contributed by atoms with Gasteiger partial charge in [-0.15, -0.1) is 0 Å². The van der Waals surface area contributed by atoms with Crippen LogP contribution in [0.25, 0.3) is 0 Å². The van der Waals surface area contributed by atoms with Crippen molar-refractivity contribution in [1.82, 2.24) is 15.1 Å². The summed E-state index contributed by atoms with van der Waals surface area (Å²) in [7, 11) is 0. The number of benzene rings is 1. The summed E-state index contributed by atoms with van der Waals surface area (Å²) in [6.07, 6.45) is 1.29. The first-order chi connectivity index (χ1) is 11.5. The SMILES string of the molecule is CCN(CC)C(=O)N1CCC(NC(=O)c2c(F)cccc2Cl)CC1. The smallest absolute Gasteiger partial charge is 0.319 e. The average molecular weight is 356 g/mol. The molecule has 1 N–H and O–H groups in total. The molecule has 1 aliphatic heterocycles. The van der Waals surface area contributed by atoms with E-state index >= 15 is 0 Å². The molecule has 7 heteroatoms. The summed E-state index contributed by atoms with van der Waals surface area (Å²) < 4.78 is 13.8. The Morgan fingerprint density at radius 3 is 2.46 bits per heavy atom. The zero-order valence-corrected chi connectivity index (χ0v) is 14.8. The fraction of sp³-hybridized carbons (Fsp3) is 0.529. The zero-order chi connectivity index (χ0) is 17.7. The number of amides is 3. The van der Waals surface area contributed by atoms with Crippen LogP contribution >= 0.6 is 11.6 Å². The van der Waals surface area contributed by atoms with E-state index in [9.17, 15) is 14.0 Å². The lowest BCUT2D eigenvalue weighted by atomic mass is 10.0. The Kier molecular flexibility index (Phi) is 6.43. The molecule has 5 nitrogen and oxygen atoms in total. The standard InChI is InChI=1S/C17H23ClFN3O2/c1-3-21(4-2)17(24)22-10-8-12(9-11-22)20-16(23)15-13(18)6-5-7-14(15)19/h5-7,12H,3-4,8-11H2,1-2H3,(H,20,23). The second kappa shape index (κ2) is 8.33. The van der Waals surface area contributed by atoms with Crippen LogP contribution in [0, 0.1) is 5.82 Å². The van der Waals surface area contributed by atoms with Crippen LogP contribution in [0.3, 0.4) is 0 Å². The number of rotatable bonds is 4. The molecule has 0 bridgehead atoms. The number of carbonyl (C=O) groups is 2. The predicted octanol–water partition coefficient (Wildman–Crippen LogP) is 3.14. The topological polar surface area (TPSA) is 52.7 Å². The summed E-state index contributed by atoms with van der Waals surface area (Å²) in [4.78, 5) is 28.1. The largest absolute Gasteiger partial charge is 0.349 e. The average Bonchev–Trinajstić information content (AvgIpc) is 2.56. The Hall–Kier alpha value is -1.82. The molecule has 24 heavy (non-hydrogen) atoms. The minimum absolute atomic E-state index is 0.0296. The fourth-order valence-electron chi connectivity index (χ4n) is 2.88. The van der Waals surface area contributed by atoms with E-state index in [1.54, 1.807) is 9.80 Å². The van der Waals surface area contributed by atoms with Gasteiger partial charge in [-0.25, -0.2) is 9.18 Å². The van der Waals surface area contributed by atoms with Gasteiger partial charge in [0.15, 0.2) is 0 Å². The quantitative estimate of drug-likeness (QED) is 0.902. The second-order valence-electron chi connectivity index (χ2n) is 5.79. The van der Waals surface area contributed by atoms with E-state index in [4.69, 9.17) is 11.6 Å². The number of likely N-dealkylation sites (tertiary alicyclic amines) is 1. The van der Waals surface area contributed by atoms with Crippen LogP contribution in [0.2, 0.25) is 5.02 Å². The molecule has 1 aliphatic rings. The molecule has 1 aromatic carbocycles. The monoisotopic (exact) mass is 355 g/mol. The predicted molar refractivity (Wildman–Crippen MR) is 91.8 cm³/mol. The third-order valence-corrected chi connectivity index (χ3v) is 4.64. The number of piperidine rings is 1. The molecule has 0 spiro atoms. The van der Waals surface area contributed by atoms with Crippen molar-refractivity contribution < 1.29 is 14.0 Å². The third-order valence-electron chi connectivity index (χ3n) is 4.32. The lowest BCUT2D eigenvalue weighted by molar-refractivity contribution is 0.0908. The van der Waals surface area contributed by atoms with Crippen molar-refractivity contribution >= 4 is 23.5 Å². The summed E-state index contributed by atoms with van der Waals surface area (Å²) in [5.74, 6) is -1.14. The molecule has 1 heterocycles. The first-order valence-corrected chi connectivity index (χ1v) is 8.64. The molecule has 0 aromatic heterocycles. The van der Waals surface area contributed by atoms with Crippen LogP contribution < -0.4 is 5.32 Å². The van der Waals surface area contributed by atoms with Gasteiger partial charge in [-0.2, -0.15) is 0 Å². The highest BCUT2D eigenvalue weighted by Gasteiger charge is 2.27. The number of urea groups is 1. The second-order valence-corrected chi connectivity index (χ2v) is 6.19. The maximum atomic E-state index is 13.8. The van der Waals surface area contributed by atoms with Crippen molar-refractivity contribution in [3.8, 4) is 0 Å². The number of hydrogen-bond acceptors (Lipinski definition) is 2. The van der Waals surface area contributed by atoms with Crippen molar-refractivity contribution in [3.63, 3.8) is 0 Å². The summed E-state index contributed by atoms with van der Waals surface area (Å²) in [5.41, 5.74) is -0.124. The van der Waals surface area contributed by atoms with E-state index in [1.165, 1.54) is 18.2 Å². The minimum atomic E-state index is -0.630. The molecule has 1 saturated heterocycles. The number of hydrogen-bond donors (Lipinski definition) is 1. The minimum Gasteiger partial charge on any atom is -0.349 e. The summed E-state index contributed by atoms with van der Waals surface area (Å²) in [5, 5.41) is 2.92. The van der Waals surface area contributed by atoms with Gasteiger partial charge < -0.3 is 15.1 Å². The molecule has 0 radical (unpaired) electrons. The molecule has 0 atom stereocenters. The normalized spacial score (nSPS) is 15.2. The Bertz CT molecular complexity index is 579. The summed E-state index contributed by atoms with van der Waals surface area (Å²) in [6, 6.07) is 4.11. The Morgan fingerprint density at radius 1 is 1.29 bits per heavy atom. The molecule has 0 unspecified atom stereocenters. The van der Waals surface area contributed by atoms with Crippen molar-refractivity contribution in [3.05, 3.63) is 34.6 Å². The van der Waals surface area contributed by atoms with E-state index in [2.05, 4.69) is 5.32 Å². The van der Waals surface area contributed by atoms with Crippen LogP contribution in [-0.2, 0) is 0 Å². The van der Waals surface area contributed by atoms with Gasteiger partial charge in [0.05, 0.1) is 10.6 Å². The van der Waals surface area contributed by atoms with Gasteiger partial charge in [0.2, 0.25) is 0 Å². The molecule has 0 aliphatic carbocycles. The van der Waals surface area contributed by atoms with Crippen LogP contribution in [-0.4, -0.2) is 54.0 Å². The van der Waals surface area contributed by atoms with Crippen LogP contribution in [0.5, 0.6) is 0 Å². The van der Waals surface area contributed by atoms with Gasteiger partial charge in [-0.05, 0) is 38.8 Å². The molecular formula is C17H23ClFN3O2. The van der Waals surface area contributed by atoms with Gasteiger partial charge in [-0.1, -0.05) is 17.7 Å². The molecule has 1 fully saturated rings. The van der Waals surface area contributed by atoms with E-state index < -0.39 is 11.7 Å². The van der Waals surface area contributed by atoms with Gasteiger partial charge in [0.25, 0.3) is 5.91 Å². The van der Waals surface area contributed by atoms with E-state index in [0.717, 1.165) is 0 Å². The van der Waals surface area contributed by atoms with E-state index in [-0.39, 0.29) is 22.7 Å². The Morgan fingerprint density at radius 2 is 1.92 bits per heavy atom. The van der Waals surface area contributed by atoms with Crippen molar-refractivity contribution in [2.45, 2.75) is 32.7 Å². The highest BCUT2D eigenvalue weighted by atomic mass is 35.5. The van der Waals surface area contributed by atoms with E-state index in [0.29, 0.717) is 39.0 Å². The first kappa shape index (κ1) is 18.5. The Labute approximate surface area is 146 Å². The van der Waals surface area contributed by atoms with Crippen molar-refractivity contribution in [2.24, 2.45) is 0 Å². The van der Waals surface area contributed by atoms with E-state index in [1.807, 2.05) is 13.8 Å². The first-order valence-electron chi connectivity index (χ1n) is 8.26. The molecular weight excluding hydrogens is 333 g/mol. The molecule has 3 amide bonds. The van der Waals surface area contributed by atoms with Crippen LogP contribution in [0.4, 0.5) is 9.18 Å². The maximum Gasteiger partial charge on any atom is 0.319 e. The highest BCUT2D eigenvalue weighted by molar-refractivity contribution is 6.33. The lowest BCUT2D eigenvalue weighted by Gasteiger charge is -2.35. The van der Waals surface area contributed by atoms with Gasteiger partial charge >= 0.3 is 6.03 Å². The van der Waals surface area contributed by atoms with Gasteiger partial charge in [0, 0.05) is 32.2 Å². The van der Waals surface area contributed by atoms with Gasteiger partial charge in [-0.3, -0.25) is 4.79 Å². The number of nitrogens with zero attached hydrogens (tertiary/aromatic N) is 2. The summed E-state index contributed by atoms with van der Waals surface area (Å²) >= 11 is 5.91.